The number of hydrogen-bond acceptors (Lipinski definition) is 2. The molecule has 9 heavy (non-hydrogen) atoms. The zero-order valence-electron chi connectivity index (χ0n) is 5.33. The highest BCUT2D eigenvalue weighted by atomic mass is 32.1. The van der Waals surface area contributed by atoms with E-state index in [-0.39, 0.29) is 0 Å². The summed E-state index contributed by atoms with van der Waals surface area (Å²) < 4.78 is 5.06. The largest absolute Gasteiger partial charge is 0.371 e. The number of ether oxygens (including phenoxy) is 1. The Hall–Kier alpha value is -0.340. The molecule has 0 unspecified atom stereocenters. The van der Waals surface area contributed by atoms with E-state index in [4.69, 9.17) is 4.74 Å². The van der Waals surface area contributed by atoms with E-state index >= 15 is 0 Å². The quantitative estimate of drug-likeness (QED) is 0.628. The summed E-state index contributed by atoms with van der Waals surface area (Å²) in [6.45, 7) is 4.30. The average molecular weight is 141 g/mol. The van der Waals surface area contributed by atoms with E-state index in [1.54, 1.807) is 17.9 Å². The topological polar surface area (TPSA) is 9.23 Å². The number of hydrogen-bond donors (Lipinski definition) is 0. The SMILES string of the molecule is C[CH]OCc1ccsc1. The maximum atomic E-state index is 5.06. The fourth-order valence-electron chi connectivity index (χ4n) is 0.554. The molecule has 0 aromatic carbocycles. The van der Waals surface area contributed by atoms with Crippen LogP contribution < -0.4 is 0 Å². The van der Waals surface area contributed by atoms with Crippen LogP contribution in [0.25, 0.3) is 0 Å². The second kappa shape index (κ2) is 3.64. The van der Waals surface area contributed by atoms with Crippen molar-refractivity contribution in [3.63, 3.8) is 0 Å². The predicted molar refractivity (Wildman–Crippen MR) is 39.1 cm³/mol. The molecule has 0 aliphatic rings. The third-order valence-electron chi connectivity index (χ3n) is 0.997. The van der Waals surface area contributed by atoms with E-state index in [0.29, 0.717) is 6.61 Å². The fraction of sp³-hybridized carbons (Fsp3) is 0.286. The van der Waals surface area contributed by atoms with Crippen LogP contribution in [0.2, 0.25) is 0 Å². The standard InChI is InChI=1S/C7H9OS/c1-2-8-5-7-3-4-9-6-7/h2-4,6H,5H2,1H3. The molecule has 0 atom stereocenters. The van der Waals surface area contributed by atoms with E-state index in [9.17, 15) is 0 Å². The van der Waals surface area contributed by atoms with Crippen LogP contribution in [0.5, 0.6) is 0 Å². The molecule has 0 saturated heterocycles. The smallest absolute Gasteiger partial charge is 0.0810 e. The van der Waals surface area contributed by atoms with Crippen molar-refractivity contribution in [3.05, 3.63) is 29.0 Å². The van der Waals surface area contributed by atoms with Crippen LogP contribution in [0.1, 0.15) is 12.5 Å². The third-order valence-corrected chi connectivity index (χ3v) is 1.73. The van der Waals surface area contributed by atoms with Gasteiger partial charge in [-0.05, 0) is 29.3 Å². The highest BCUT2D eigenvalue weighted by molar-refractivity contribution is 7.07. The van der Waals surface area contributed by atoms with Crippen LogP contribution >= 0.6 is 11.3 Å². The molecule has 0 N–H and O–H groups in total. The van der Waals surface area contributed by atoms with Crippen molar-refractivity contribution in [1.82, 2.24) is 0 Å². The lowest BCUT2D eigenvalue weighted by Gasteiger charge is -1.94. The Morgan fingerprint density at radius 3 is 3.22 bits per heavy atom. The lowest BCUT2D eigenvalue weighted by atomic mass is 10.4. The van der Waals surface area contributed by atoms with Gasteiger partial charge in [-0.25, -0.2) is 0 Å². The molecule has 49 valence electrons. The Kier molecular flexibility index (Phi) is 2.74. The van der Waals surface area contributed by atoms with Gasteiger partial charge in [-0.3, -0.25) is 0 Å². The van der Waals surface area contributed by atoms with Crippen molar-refractivity contribution in [2.24, 2.45) is 0 Å². The fourth-order valence-corrected chi connectivity index (χ4v) is 1.21. The first-order valence-corrected chi connectivity index (χ1v) is 3.78. The lowest BCUT2D eigenvalue weighted by Crippen LogP contribution is -1.83. The van der Waals surface area contributed by atoms with Crippen LogP contribution in [0.4, 0.5) is 0 Å². The minimum atomic E-state index is 0.708. The summed E-state index contributed by atoms with van der Waals surface area (Å²) in [7, 11) is 0. The first kappa shape index (κ1) is 6.78. The molecule has 1 nitrogen and oxygen atoms in total. The molecule has 1 aromatic rings. The highest BCUT2D eigenvalue weighted by Gasteiger charge is 1.89. The minimum absolute atomic E-state index is 0.708. The van der Waals surface area contributed by atoms with Crippen molar-refractivity contribution in [2.75, 3.05) is 0 Å². The molecule has 0 saturated carbocycles. The van der Waals surface area contributed by atoms with Crippen molar-refractivity contribution in [1.29, 1.82) is 0 Å². The van der Waals surface area contributed by atoms with E-state index in [1.165, 1.54) is 5.56 Å². The van der Waals surface area contributed by atoms with Gasteiger partial charge in [0.25, 0.3) is 0 Å². The van der Waals surface area contributed by atoms with Gasteiger partial charge in [-0.1, -0.05) is 0 Å². The molecule has 0 bridgehead atoms. The van der Waals surface area contributed by atoms with Crippen LogP contribution in [-0.2, 0) is 11.3 Å². The van der Waals surface area contributed by atoms with Gasteiger partial charge in [-0.15, -0.1) is 0 Å². The minimum Gasteiger partial charge on any atom is -0.371 e. The molecule has 1 rings (SSSR count). The molecule has 0 aliphatic heterocycles. The summed E-state index contributed by atoms with van der Waals surface area (Å²) in [5.41, 5.74) is 1.25. The van der Waals surface area contributed by atoms with Crippen LogP contribution in [0, 0.1) is 6.61 Å². The average Bonchev–Trinajstić information content (AvgIpc) is 2.34. The van der Waals surface area contributed by atoms with Gasteiger partial charge >= 0.3 is 0 Å². The summed E-state index contributed by atoms with van der Waals surface area (Å²) in [4.78, 5) is 0. The van der Waals surface area contributed by atoms with Crippen LogP contribution in [0.3, 0.4) is 0 Å². The highest BCUT2D eigenvalue weighted by Crippen LogP contribution is 2.06. The van der Waals surface area contributed by atoms with Crippen molar-refractivity contribution < 1.29 is 4.74 Å². The van der Waals surface area contributed by atoms with Crippen LogP contribution in [0.15, 0.2) is 16.8 Å². The maximum Gasteiger partial charge on any atom is 0.0810 e. The number of rotatable bonds is 3. The second-order valence-corrected chi connectivity index (χ2v) is 2.46. The van der Waals surface area contributed by atoms with E-state index < -0.39 is 0 Å². The normalized spacial score (nSPS) is 9.89. The van der Waals surface area contributed by atoms with E-state index in [2.05, 4.69) is 11.4 Å². The Morgan fingerprint density at radius 2 is 2.67 bits per heavy atom. The molecule has 1 radical (unpaired) electrons. The van der Waals surface area contributed by atoms with Gasteiger partial charge in [0.05, 0.1) is 13.2 Å². The predicted octanol–water partition coefficient (Wildman–Crippen LogP) is 2.45. The molecule has 0 aliphatic carbocycles. The molecule has 0 fully saturated rings. The summed E-state index contributed by atoms with van der Waals surface area (Å²) in [6, 6.07) is 2.06. The second-order valence-electron chi connectivity index (χ2n) is 1.68. The molecule has 1 aromatic heterocycles. The van der Waals surface area contributed by atoms with Gasteiger partial charge in [0, 0.05) is 0 Å². The lowest BCUT2D eigenvalue weighted by molar-refractivity contribution is 0.191. The van der Waals surface area contributed by atoms with Crippen molar-refractivity contribution in [2.45, 2.75) is 13.5 Å². The molecular formula is C7H9OS. The summed E-state index contributed by atoms with van der Waals surface area (Å²) >= 11 is 1.70. The van der Waals surface area contributed by atoms with Gasteiger partial charge in [0.1, 0.15) is 0 Å². The first-order valence-electron chi connectivity index (χ1n) is 2.84. The zero-order valence-corrected chi connectivity index (χ0v) is 6.15. The first-order chi connectivity index (χ1) is 4.43. The van der Waals surface area contributed by atoms with E-state index in [0.717, 1.165) is 0 Å². The van der Waals surface area contributed by atoms with Crippen LogP contribution in [-0.4, -0.2) is 0 Å². The molecule has 1 heterocycles. The van der Waals surface area contributed by atoms with Crippen molar-refractivity contribution >= 4 is 11.3 Å². The Balaban J connectivity index is 2.30. The zero-order chi connectivity index (χ0) is 6.53. The molecule has 0 spiro atoms. The molecule has 0 amide bonds. The summed E-state index contributed by atoms with van der Waals surface area (Å²) in [6.07, 6.45) is 0. The number of thiophene rings is 1. The Labute approximate surface area is 59.3 Å². The molecule has 2 heteroatoms. The van der Waals surface area contributed by atoms with Gasteiger partial charge in [0.2, 0.25) is 0 Å². The van der Waals surface area contributed by atoms with Gasteiger partial charge in [-0.2, -0.15) is 11.3 Å². The van der Waals surface area contributed by atoms with Crippen molar-refractivity contribution in [3.8, 4) is 0 Å². The maximum absolute atomic E-state index is 5.06. The Bertz CT molecular complexity index is 146. The summed E-state index contributed by atoms with van der Waals surface area (Å²) in [5.74, 6) is 0. The monoisotopic (exact) mass is 141 g/mol. The molecular weight excluding hydrogens is 132 g/mol. The van der Waals surface area contributed by atoms with E-state index in [1.807, 2.05) is 12.3 Å². The van der Waals surface area contributed by atoms with Gasteiger partial charge in [0.15, 0.2) is 0 Å². The summed E-state index contributed by atoms with van der Waals surface area (Å²) in [5, 5.41) is 4.14. The Morgan fingerprint density at radius 1 is 1.78 bits per heavy atom. The third kappa shape index (κ3) is 2.16. The van der Waals surface area contributed by atoms with Gasteiger partial charge < -0.3 is 4.74 Å².